The molecule has 0 aromatic carbocycles. The van der Waals surface area contributed by atoms with Crippen LogP contribution in [0.4, 0.5) is 0 Å². The summed E-state index contributed by atoms with van der Waals surface area (Å²) in [7, 11) is 0. The van der Waals surface area contributed by atoms with Crippen molar-refractivity contribution in [1.82, 2.24) is 5.32 Å². The van der Waals surface area contributed by atoms with Crippen molar-refractivity contribution in [2.45, 2.75) is 52.4 Å². The van der Waals surface area contributed by atoms with Crippen molar-refractivity contribution in [1.29, 1.82) is 0 Å². The van der Waals surface area contributed by atoms with Gasteiger partial charge in [0.2, 0.25) is 0 Å². The van der Waals surface area contributed by atoms with Crippen molar-refractivity contribution in [2.75, 3.05) is 19.6 Å². The minimum Gasteiger partial charge on any atom is -0.330 e. The average Bonchev–Trinajstić information content (AvgIpc) is 2.18. The van der Waals surface area contributed by atoms with E-state index in [1.807, 2.05) is 0 Å². The molecule has 0 aliphatic rings. The van der Waals surface area contributed by atoms with E-state index in [0.29, 0.717) is 0 Å². The van der Waals surface area contributed by atoms with Gasteiger partial charge in [-0.3, -0.25) is 0 Å². The number of hydrogen-bond acceptors (Lipinski definition) is 2. The maximum Gasteiger partial charge on any atom is -0.00488 e. The molecule has 1 unspecified atom stereocenters. The molecule has 0 saturated heterocycles. The van der Waals surface area contributed by atoms with Crippen LogP contribution in [0.3, 0.4) is 0 Å². The molecule has 2 nitrogen and oxygen atoms in total. The molecule has 0 rings (SSSR count). The van der Waals surface area contributed by atoms with E-state index in [9.17, 15) is 0 Å². The van der Waals surface area contributed by atoms with Crippen LogP contribution in [-0.2, 0) is 0 Å². The fourth-order valence-electron chi connectivity index (χ4n) is 1.89. The zero-order chi connectivity index (χ0) is 10.6. The molecule has 86 valence electrons. The second-order valence-electron chi connectivity index (χ2n) is 4.12. The summed E-state index contributed by atoms with van der Waals surface area (Å²) < 4.78 is 0. The van der Waals surface area contributed by atoms with Gasteiger partial charge in [0.15, 0.2) is 0 Å². The third-order valence-electron chi connectivity index (χ3n) is 2.66. The van der Waals surface area contributed by atoms with E-state index in [2.05, 4.69) is 19.2 Å². The number of rotatable bonds is 10. The van der Waals surface area contributed by atoms with Crippen molar-refractivity contribution in [3.8, 4) is 0 Å². The van der Waals surface area contributed by atoms with Gasteiger partial charge in [0.05, 0.1) is 0 Å². The smallest absolute Gasteiger partial charge is 0.00488 e. The Labute approximate surface area is 89.6 Å². The average molecular weight is 200 g/mol. The molecular weight excluding hydrogens is 172 g/mol. The molecule has 0 fully saturated rings. The number of nitrogens with two attached hydrogens (primary N) is 1. The largest absolute Gasteiger partial charge is 0.330 e. The van der Waals surface area contributed by atoms with Gasteiger partial charge in [-0.15, -0.1) is 0 Å². The predicted octanol–water partition coefficient (Wildman–Crippen LogP) is 2.53. The van der Waals surface area contributed by atoms with E-state index in [0.717, 1.165) is 19.0 Å². The summed E-state index contributed by atoms with van der Waals surface area (Å²) in [4.78, 5) is 0. The number of hydrogen-bond donors (Lipinski definition) is 2. The minimum atomic E-state index is 0.854. The molecule has 0 radical (unpaired) electrons. The van der Waals surface area contributed by atoms with E-state index >= 15 is 0 Å². The van der Waals surface area contributed by atoms with Crippen LogP contribution in [0.2, 0.25) is 0 Å². The third kappa shape index (κ3) is 8.52. The molecule has 0 aromatic rings. The van der Waals surface area contributed by atoms with E-state index in [-0.39, 0.29) is 0 Å². The van der Waals surface area contributed by atoms with E-state index < -0.39 is 0 Å². The molecule has 0 aromatic heterocycles. The molecule has 14 heavy (non-hydrogen) atoms. The third-order valence-corrected chi connectivity index (χ3v) is 2.66. The quantitative estimate of drug-likeness (QED) is 0.532. The summed E-state index contributed by atoms with van der Waals surface area (Å²) >= 11 is 0. The zero-order valence-corrected chi connectivity index (χ0v) is 10.0. The van der Waals surface area contributed by atoms with Crippen molar-refractivity contribution in [3.05, 3.63) is 0 Å². The highest BCUT2D eigenvalue weighted by molar-refractivity contribution is 4.60. The monoisotopic (exact) mass is 200 g/mol. The lowest BCUT2D eigenvalue weighted by molar-refractivity contribution is 0.404. The highest BCUT2D eigenvalue weighted by atomic mass is 14.8. The van der Waals surface area contributed by atoms with Crippen molar-refractivity contribution < 1.29 is 0 Å². The van der Waals surface area contributed by atoms with Gasteiger partial charge in [-0.25, -0.2) is 0 Å². The van der Waals surface area contributed by atoms with Crippen LogP contribution >= 0.6 is 0 Å². The Bertz CT molecular complexity index is 98.5. The lowest BCUT2D eigenvalue weighted by Gasteiger charge is -2.14. The maximum absolute atomic E-state index is 5.60. The van der Waals surface area contributed by atoms with Crippen LogP contribution in [0.5, 0.6) is 0 Å². The Balaban J connectivity index is 3.30. The second kappa shape index (κ2) is 11.0. The molecule has 0 amide bonds. The fraction of sp³-hybridized carbons (Fsp3) is 1.00. The molecule has 0 aliphatic carbocycles. The first-order valence-electron chi connectivity index (χ1n) is 6.25. The molecular formula is C12H28N2. The molecule has 1 atom stereocenters. The maximum atomic E-state index is 5.60. The van der Waals surface area contributed by atoms with Crippen molar-refractivity contribution in [2.24, 2.45) is 11.7 Å². The lowest BCUT2D eigenvalue weighted by atomic mass is 9.94. The molecule has 2 heteroatoms. The van der Waals surface area contributed by atoms with Gasteiger partial charge in [-0.1, -0.05) is 26.7 Å². The molecule has 0 saturated carbocycles. The van der Waals surface area contributed by atoms with E-state index in [1.54, 1.807) is 0 Å². The van der Waals surface area contributed by atoms with Gasteiger partial charge in [-0.2, -0.15) is 0 Å². The van der Waals surface area contributed by atoms with E-state index in [4.69, 9.17) is 5.73 Å². The summed E-state index contributed by atoms with van der Waals surface area (Å²) in [5, 5.41) is 3.44. The summed E-state index contributed by atoms with van der Waals surface area (Å²) in [6.45, 7) is 7.67. The van der Waals surface area contributed by atoms with Crippen molar-refractivity contribution in [3.63, 3.8) is 0 Å². The van der Waals surface area contributed by atoms with Gasteiger partial charge in [0, 0.05) is 0 Å². The molecule has 0 spiro atoms. The van der Waals surface area contributed by atoms with Crippen LogP contribution in [0.25, 0.3) is 0 Å². The van der Waals surface area contributed by atoms with Crippen LogP contribution in [0, 0.1) is 5.92 Å². The fourth-order valence-corrected chi connectivity index (χ4v) is 1.89. The first-order chi connectivity index (χ1) is 6.85. The molecule has 0 bridgehead atoms. The summed E-state index contributed by atoms with van der Waals surface area (Å²) in [5.74, 6) is 0.869. The van der Waals surface area contributed by atoms with Crippen LogP contribution in [0.15, 0.2) is 0 Å². The molecule has 0 heterocycles. The van der Waals surface area contributed by atoms with Crippen LogP contribution in [-0.4, -0.2) is 19.6 Å². The van der Waals surface area contributed by atoms with Gasteiger partial charge >= 0.3 is 0 Å². The minimum absolute atomic E-state index is 0.854. The normalized spacial score (nSPS) is 13.1. The van der Waals surface area contributed by atoms with Crippen LogP contribution in [0.1, 0.15) is 52.4 Å². The van der Waals surface area contributed by atoms with Crippen LogP contribution < -0.4 is 11.1 Å². The second-order valence-corrected chi connectivity index (χ2v) is 4.12. The van der Waals surface area contributed by atoms with Crippen molar-refractivity contribution >= 4 is 0 Å². The SMILES string of the molecule is CCCNCCCC(CCC)CCN. The summed E-state index contributed by atoms with van der Waals surface area (Å²) in [5.41, 5.74) is 5.60. The van der Waals surface area contributed by atoms with Gasteiger partial charge < -0.3 is 11.1 Å². The Hall–Kier alpha value is -0.0800. The first-order valence-corrected chi connectivity index (χ1v) is 6.25. The number of nitrogens with one attached hydrogen (secondary N) is 1. The Kier molecular flexibility index (Phi) is 10.9. The van der Waals surface area contributed by atoms with E-state index in [1.165, 1.54) is 45.1 Å². The van der Waals surface area contributed by atoms with Gasteiger partial charge in [0.1, 0.15) is 0 Å². The molecule has 0 aliphatic heterocycles. The standard InChI is InChI=1S/C12H28N2/c1-3-6-12(8-9-13)7-5-11-14-10-4-2/h12,14H,3-11,13H2,1-2H3. The Morgan fingerprint density at radius 3 is 2.36 bits per heavy atom. The zero-order valence-electron chi connectivity index (χ0n) is 10.0. The summed E-state index contributed by atoms with van der Waals surface area (Å²) in [6.07, 6.45) is 7.76. The first kappa shape index (κ1) is 13.9. The predicted molar refractivity (Wildman–Crippen MR) is 64.5 cm³/mol. The molecule has 3 N–H and O–H groups in total. The lowest BCUT2D eigenvalue weighted by Crippen LogP contribution is -2.17. The Morgan fingerprint density at radius 2 is 1.79 bits per heavy atom. The van der Waals surface area contributed by atoms with Gasteiger partial charge in [0.25, 0.3) is 0 Å². The Morgan fingerprint density at radius 1 is 1.00 bits per heavy atom. The highest BCUT2D eigenvalue weighted by Crippen LogP contribution is 2.16. The van der Waals surface area contributed by atoms with Gasteiger partial charge in [-0.05, 0) is 51.2 Å². The summed E-state index contributed by atoms with van der Waals surface area (Å²) in [6, 6.07) is 0. The highest BCUT2D eigenvalue weighted by Gasteiger charge is 2.05. The topological polar surface area (TPSA) is 38.0 Å².